The average molecular weight is 386 g/mol. The lowest BCUT2D eigenvalue weighted by molar-refractivity contribution is -0.147. The second-order valence-corrected chi connectivity index (χ2v) is 6.34. The summed E-state index contributed by atoms with van der Waals surface area (Å²) in [5.41, 5.74) is 0.662. The van der Waals surface area contributed by atoms with Crippen molar-refractivity contribution in [2.75, 3.05) is 19.7 Å². The number of carboxylic acids is 1. The number of carboxylic acid groups (broad SMARTS) is 1. The van der Waals surface area contributed by atoms with Gasteiger partial charge in [-0.05, 0) is 35.4 Å². The maximum atomic E-state index is 13.5. The Morgan fingerprint density at radius 1 is 1.19 bits per heavy atom. The van der Waals surface area contributed by atoms with Crippen molar-refractivity contribution in [1.29, 1.82) is 0 Å². The molecule has 0 bridgehead atoms. The van der Waals surface area contributed by atoms with Crippen molar-refractivity contribution in [3.63, 3.8) is 0 Å². The normalized spacial score (nSPS) is 19.3. The van der Waals surface area contributed by atoms with Crippen LogP contribution in [0.2, 0.25) is 5.02 Å². The maximum absolute atomic E-state index is 13.5. The van der Waals surface area contributed by atoms with Crippen LogP contribution >= 0.6 is 11.6 Å². The molecule has 3 rings (SSSR count). The highest BCUT2D eigenvalue weighted by molar-refractivity contribution is 6.31. The number of aliphatic carboxylic acids is 1. The summed E-state index contributed by atoms with van der Waals surface area (Å²) in [5, 5.41) is 9.67. The van der Waals surface area contributed by atoms with Gasteiger partial charge in [-0.1, -0.05) is 23.7 Å². The molecule has 26 heavy (non-hydrogen) atoms. The van der Waals surface area contributed by atoms with Gasteiger partial charge in [0.15, 0.2) is 11.6 Å². The van der Waals surface area contributed by atoms with E-state index in [1.807, 2.05) is 0 Å². The monoisotopic (exact) mass is 385 g/mol. The van der Waals surface area contributed by atoms with Gasteiger partial charge in [-0.2, -0.15) is 0 Å². The number of rotatable bonds is 4. The molecule has 2 unspecified atom stereocenters. The van der Waals surface area contributed by atoms with Gasteiger partial charge in [0.05, 0.1) is 12.7 Å². The molecule has 0 amide bonds. The summed E-state index contributed by atoms with van der Waals surface area (Å²) >= 11 is 6.03. The summed E-state index contributed by atoms with van der Waals surface area (Å²) in [5.74, 6) is -3.68. The zero-order valence-corrected chi connectivity index (χ0v) is 14.2. The Morgan fingerprint density at radius 2 is 1.96 bits per heavy atom. The Kier molecular flexibility index (Phi) is 5.50. The number of morpholine rings is 1. The third kappa shape index (κ3) is 3.85. The highest BCUT2D eigenvalue weighted by atomic mass is 35.5. The van der Waals surface area contributed by atoms with Crippen molar-refractivity contribution in [3.05, 3.63) is 70.0 Å². The fourth-order valence-corrected chi connectivity index (χ4v) is 3.30. The number of benzene rings is 2. The van der Waals surface area contributed by atoms with Gasteiger partial charge in [0.25, 0.3) is 0 Å². The Bertz CT molecular complexity index is 833. The largest absolute Gasteiger partial charge is 0.480 e. The number of carbonyl (C=O) groups is 1. The van der Waals surface area contributed by atoms with Gasteiger partial charge < -0.3 is 9.84 Å². The Balaban J connectivity index is 1.88. The van der Waals surface area contributed by atoms with Crippen molar-refractivity contribution in [3.8, 4) is 0 Å². The lowest BCUT2D eigenvalue weighted by atomic mass is 10.0. The van der Waals surface area contributed by atoms with Gasteiger partial charge in [0, 0.05) is 18.1 Å². The van der Waals surface area contributed by atoms with Crippen LogP contribution in [0.1, 0.15) is 23.3 Å². The van der Waals surface area contributed by atoms with Crippen LogP contribution in [-0.2, 0) is 9.53 Å². The minimum Gasteiger partial charge on any atom is -0.480 e. The average Bonchev–Trinajstić information content (AvgIpc) is 2.59. The first-order valence-electron chi connectivity index (χ1n) is 7.85. The summed E-state index contributed by atoms with van der Waals surface area (Å²) in [4.78, 5) is 13.4. The standard InChI is InChI=1S/C18H15ClF3NO3/c19-13-8-11(20)2-3-12(13)17(18(24)25)23-5-6-26-16(9-23)10-1-4-14(21)15(22)7-10/h1-4,7-8,16-17H,5-6,9H2,(H,24,25). The van der Waals surface area contributed by atoms with Crippen LogP contribution in [0.4, 0.5) is 13.2 Å². The van der Waals surface area contributed by atoms with Crippen LogP contribution in [-0.4, -0.2) is 35.7 Å². The van der Waals surface area contributed by atoms with E-state index in [-0.39, 0.29) is 23.7 Å². The van der Waals surface area contributed by atoms with Crippen LogP contribution in [0, 0.1) is 17.5 Å². The molecule has 0 aliphatic carbocycles. The highest BCUT2D eigenvalue weighted by Crippen LogP contribution is 2.33. The minimum absolute atomic E-state index is 0.00766. The molecular weight excluding hydrogens is 371 g/mol. The Labute approximate surface area is 152 Å². The van der Waals surface area contributed by atoms with E-state index in [9.17, 15) is 23.1 Å². The van der Waals surface area contributed by atoms with Gasteiger partial charge in [-0.15, -0.1) is 0 Å². The molecule has 1 saturated heterocycles. The minimum atomic E-state index is -1.15. The van der Waals surface area contributed by atoms with E-state index in [0.29, 0.717) is 12.1 Å². The molecule has 0 aromatic heterocycles. The van der Waals surface area contributed by atoms with E-state index in [4.69, 9.17) is 16.3 Å². The lowest BCUT2D eigenvalue weighted by Gasteiger charge is -2.37. The predicted octanol–water partition coefficient (Wildman–Crippen LogP) is 3.96. The molecule has 1 aliphatic heterocycles. The van der Waals surface area contributed by atoms with Crippen molar-refractivity contribution in [2.24, 2.45) is 0 Å². The number of ether oxygens (including phenoxy) is 1. The number of halogens is 4. The fraction of sp³-hybridized carbons (Fsp3) is 0.278. The molecule has 2 aromatic carbocycles. The molecule has 8 heteroatoms. The molecule has 0 saturated carbocycles. The van der Waals surface area contributed by atoms with Crippen LogP contribution in [0.15, 0.2) is 36.4 Å². The molecule has 1 aliphatic rings. The van der Waals surface area contributed by atoms with Crippen LogP contribution in [0.3, 0.4) is 0 Å². The molecule has 1 heterocycles. The number of hydrogen-bond donors (Lipinski definition) is 1. The number of nitrogens with zero attached hydrogens (tertiary/aromatic N) is 1. The van der Waals surface area contributed by atoms with Gasteiger partial charge in [0.2, 0.25) is 0 Å². The second-order valence-electron chi connectivity index (χ2n) is 5.93. The van der Waals surface area contributed by atoms with Crippen LogP contribution in [0.25, 0.3) is 0 Å². The fourth-order valence-electron chi connectivity index (χ4n) is 3.03. The van der Waals surface area contributed by atoms with Gasteiger partial charge in [-0.3, -0.25) is 9.69 Å². The third-order valence-electron chi connectivity index (χ3n) is 4.27. The maximum Gasteiger partial charge on any atom is 0.325 e. The highest BCUT2D eigenvalue weighted by Gasteiger charge is 2.34. The molecule has 138 valence electrons. The molecule has 1 N–H and O–H groups in total. The first-order chi connectivity index (χ1) is 12.4. The zero-order valence-electron chi connectivity index (χ0n) is 13.5. The van der Waals surface area contributed by atoms with Crippen molar-refractivity contribution >= 4 is 17.6 Å². The lowest BCUT2D eigenvalue weighted by Crippen LogP contribution is -2.43. The summed E-state index contributed by atoms with van der Waals surface area (Å²) in [6.07, 6.45) is -0.625. The molecule has 0 radical (unpaired) electrons. The molecule has 2 aromatic rings. The Hall–Kier alpha value is -2.09. The van der Waals surface area contributed by atoms with Gasteiger partial charge in [-0.25, -0.2) is 13.2 Å². The summed E-state index contributed by atoms with van der Waals surface area (Å²) in [7, 11) is 0. The van der Waals surface area contributed by atoms with E-state index in [2.05, 4.69) is 0 Å². The van der Waals surface area contributed by atoms with Crippen LogP contribution in [0.5, 0.6) is 0 Å². The quantitative estimate of drug-likeness (QED) is 0.865. The van der Waals surface area contributed by atoms with Crippen molar-refractivity contribution in [1.82, 2.24) is 4.90 Å². The molecule has 0 spiro atoms. The van der Waals surface area contributed by atoms with E-state index < -0.39 is 35.6 Å². The molecule has 1 fully saturated rings. The zero-order chi connectivity index (χ0) is 18.8. The van der Waals surface area contributed by atoms with Crippen LogP contribution < -0.4 is 0 Å². The summed E-state index contributed by atoms with van der Waals surface area (Å²) in [6, 6.07) is 5.85. The van der Waals surface area contributed by atoms with E-state index in [1.165, 1.54) is 12.1 Å². The summed E-state index contributed by atoms with van der Waals surface area (Å²) < 4.78 is 45.5. The second kappa shape index (κ2) is 7.65. The van der Waals surface area contributed by atoms with Gasteiger partial charge >= 0.3 is 5.97 Å². The van der Waals surface area contributed by atoms with E-state index in [0.717, 1.165) is 24.3 Å². The Morgan fingerprint density at radius 3 is 2.62 bits per heavy atom. The SMILES string of the molecule is O=C(O)C(c1ccc(F)cc1Cl)N1CCOC(c2ccc(F)c(F)c2)C1. The predicted molar refractivity (Wildman–Crippen MR) is 88.4 cm³/mol. The summed E-state index contributed by atoms with van der Waals surface area (Å²) in [6.45, 7) is 0.632. The van der Waals surface area contributed by atoms with E-state index in [1.54, 1.807) is 4.90 Å². The van der Waals surface area contributed by atoms with Crippen molar-refractivity contribution in [2.45, 2.75) is 12.1 Å². The molecule has 4 nitrogen and oxygen atoms in total. The first-order valence-corrected chi connectivity index (χ1v) is 8.23. The topological polar surface area (TPSA) is 49.8 Å². The van der Waals surface area contributed by atoms with Crippen molar-refractivity contribution < 1.29 is 27.8 Å². The smallest absolute Gasteiger partial charge is 0.325 e. The number of hydrogen-bond acceptors (Lipinski definition) is 3. The third-order valence-corrected chi connectivity index (χ3v) is 4.60. The first kappa shape index (κ1) is 18.7. The van der Waals surface area contributed by atoms with Gasteiger partial charge in [0.1, 0.15) is 11.9 Å². The molecule has 2 atom stereocenters. The van der Waals surface area contributed by atoms with E-state index >= 15 is 0 Å². The molecular formula is C18H15ClF3NO3.